The van der Waals surface area contributed by atoms with E-state index in [9.17, 15) is 14.0 Å². The molecule has 2 aromatic rings. The van der Waals surface area contributed by atoms with Crippen LogP contribution in [0.15, 0.2) is 48.5 Å². The van der Waals surface area contributed by atoms with Gasteiger partial charge in [-0.25, -0.2) is 4.39 Å². The molecule has 1 atom stereocenters. The van der Waals surface area contributed by atoms with Crippen molar-refractivity contribution in [1.82, 2.24) is 10.2 Å². The van der Waals surface area contributed by atoms with Crippen LogP contribution in [0.3, 0.4) is 0 Å². The van der Waals surface area contributed by atoms with Crippen LogP contribution in [0.1, 0.15) is 52.5 Å². The third-order valence-electron chi connectivity index (χ3n) is 4.77. The van der Waals surface area contributed by atoms with Gasteiger partial charge >= 0.3 is 0 Å². The number of carbonyl (C=O) groups is 2. The number of rotatable bonds is 10. The zero-order chi connectivity index (χ0) is 23.7. The van der Waals surface area contributed by atoms with Crippen LogP contribution >= 0.6 is 11.6 Å². The van der Waals surface area contributed by atoms with E-state index in [1.807, 2.05) is 27.7 Å². The van der Waals surface area contributed by atoms with Crippen LogP contribution in [0.2, 0.25) is 5.02 Å². The Morgan fingerprint density at radius 3 is 2.28 bits per heavy atom. The molecule has 0 aliphatic rings. The Bertz CT molecular complexity index is 880. The van der Waals surface area contributed by atoms with Crippen LogP contribution in [-0.2, 0) is 16.1 Å². The SMILES string of the molecule is CC[C@H](C(=O)NC(C)(C)C)N(Cc1ccc(F)cc1)C(=O)CCCOc1ccc(Cl)cc1. The molecule has 0 heterocycles. The van der Waals surface area contributed by atoms with Crippen LogP contribution in [0.4, 0.5) is 4.39 Å². The van der Waals surface area contributed by atoms with Crippen molar-refractivity contribution in [3.8, 4) is 5.75 Å². The molecule has 0 aliphatic carbocycles. The first kappa shape index (κ1) is 25.7. The second kappa shape index (κ2) is 11.9. The monoisotopic (exact) mass is 462 g/mol. The first-order chi connectivity index (χ1) is 15.1. The molecule has 0 aromatic heterocycles. The van der Waals surface area contributed by atoms with Gasteiger partial charge in [0.1, 0.15) is 17.6 Å². The smallest absolute Gasteiger partial charge is 0.243 e. The molecule has 2 amide bonds. The Morgan fingerprint density at radius 2 is 1.72 bits per heavy atom. The fourth-order valence-electron chi connectivity index (χ4n) is 3.25. The molecule has 0 radical (unpaired) electrons. The number of carbonyl (C=O) groups excluding carboxylic acids is 2. The van der Waals surface area contributed by atoms with Gasteiger partial charge in [0, 0.05) is 23.5 Å². The molecule has 0 saturated carbocycles. The third kappa shape index (κ3) is 8.50. The van der Waals surface area contributed by atoms with E-state index in [1.165, 1.54) is 12.1 Å². The lowest BCUT2D eigenvalue weighted by atomic mass is 10.0. The second-order valence-electron chi connectivity index (χ2n) is 8.72. The number of hydrogen-bond acceptors (Lipinski definition) is 3. The summed E-state index contributed by atoms with van der Waals surface area (Å²) in [6.45, 7) is 8.17. The summed E-state index contributed by atoms with van der Waals surface area (Å²) in [5.74, 6) is -0.0117. The first-order valence-electron chi connectivity index (χ1n) is 10.8. The van der Waals surface area contributed by atoms with Gasteiger partial charge in [0.2, 0.25) is 11.8 Å². The molecule has 1 N–H and O–H groups in total. The van der Waals surface area contributed by atoms with Gasteiger partial charge in [0.15, 0.2) is 0 Å². The maximum Gasteiger partial charge on any atom is 0.243 e. The third-order valence-corrected chi connectivity index (χ3v) is 5.02. The van der Waals surface area contributed by atoms with Crippen LogP contribution < -0.4 is 10.1 Å². The highest BCUT2D eigenvalue weighted by atomic mass is 35.5. The Hall–Kier alpha value is -2.60. The van der Waals surface area contributed by atoms with E-state index in [0.29, 0.717) is 30.2 Å². The number of amides is 2. The predicted octanol–water partition coefficient (Wildman–Crippen LogP) is 5.36. The fraction of sp³-hybridized carbons (Fsp3) is 0.440. The molecule has 2 aromatic carbocycles. The molecule has 0 spiro atoms. The molecule has 0 bridgehead atoms. The molecule has 32 heavy (non-hydrogen) atoms. The van der Waals surface area contributed by atoms with E-state index in [4.69, 9.17) is 16.3 Å². The Morgan fingerprint density at radius 1 is 1.09 bits per heavy atom. The second-order valence-corrected chi connectivity index (χ2v) is 9.15. The van der Waals surface area contributed by atoms with Crippen molar-refractivity contribution in [3.63, 3.8) is 0 Å². The lowest BCUT2D eigenvalue weighted by Crippen LogP contribution is -2.53. The van der Waals surface area contributed by atoms with Crippen molar-refractivity contribution < 1.29 is 18.7 Å². The van der Waals surface area contributed by atoms with E-state index in [0.717, 1.165) is 5.56 Å². The minimum Gasteiger partial charge on any atom is -0.494 e. The molecule has 0 saturated heterocycles. The van der Waals surface area contributed by atoms with Crippen molar-refractivity contribution in [2.75, 3.05) is 6.61 Å². The zero-order valence-electron chi connectivity index (χ0n) is 19.2. The molecule has 5 nitrogen and oxygen atoms in total. The highest BCUT2D eigenvalue weighted by molar-refractivity contribution is 6.30. The summed E-state index contributed by atoms with van der Waals surface area (Å²) in [4.78, 5) is 27.6. The molecular formula is C25H32ClFN2O3. The van der Waals surface area contributed by atoms with E-state index < -0.39 is 11.6 Å². The molecule has 174 valence electrons. The number of ether oxygens (including phenoxy) is 1. The summed E-state index contributed by atoms with van der Waals surface area (Å²) in [6, 6.07) is 12.4. The molecule has 0 fully saturated rings. The first-order valence-corrected chi connectivity index (χ1v) is 11.2. The predicted molar refractivity (Wildman–Crippen MR) is 125 cm³/mol. The summed E-state index contributed by atoms with van der Waals surface area (Å²) in [5, 5.41) is 3.59. The highest BCUT2D eigenvalue weighted by Gasteiger charge is 2.30. The topological polar surface area (TPSA) is 58.6 Å². The number of nitrogens with one attached hydrogen (secondary N) is 1. The molecule has 0 aliphatic heterocycles. The number of benzene rings is 2. The van der Waals surface area contributed by atoms with Gasteiger partial charge in [-0.3, -0.25) is 9.59 Å². The standard InChI is InChI=1S/C25H32ClFN2O3/c1-5-22(24(31)28-25(2,3)4)29(17-18-8-12-20(27)13-9-18)23(30)7-6-16-32-21-14-10-19(26)11-15-21/h8-15,22H,5-7,16-17H2,1-4H3,(H,28,31)/t22-/m1/s1. The largest absolute Gasteiger partial charge is 0.494 e. The summed E-state index contributed by atoms with van der Waals surface area (Å²) >= 11 is 5.87. The van der Waals surface area contributed by atoms with Crippen molar-refractivity contribution >= 4 is 23.4 Å². The molecule has 7 heteroatoms. The Kier molecular flexibility index (Phi) is 9.51. The van der Waals surface area contributed by atoms with Gasteiger partial charge in [-0.2, -0.15) is 0 Å². The van der Waals surface area contributed by atoms with Crippen LogP contribution in [0, 0.1) is 5.82 Å². The Labute approximate surface area is 194 Å². The van der Waals surface area contributed by atoms with Gasteiger partial charge < -0.3 is 15.0 Å². The van der Waals surface area contributed by atoms with Crippen molar-refractivity contribution in [1.29, 1.82) is 0 Å². The molecule has 0 unspecified atom stereocenters. The van der Waals surface area contributed by atoms with E-state index in [-0.39, 0.29) is 30.6 Å². The number of nitrogens with zero attached hydrogens (tertiary/aromatic N) is 1. The van der Waals surface area contributed by atoms with Crippen LogP contribution in [0.25, 0.3) is 0 Å². The minimum atomic E-state index is -0.621. The van der Waals surface area contributed by atoms with Crippen molar-refractivity contribution in [2.45, 2.75) is 65.1 Å². The van der Waals surface area contributed by atoms with Crippen LogP contribution in [0.5, 0.6) is 5.75 Å². The molecular weight excluding hydrogens is 431 g/mol. The lowest BCUT2D eigenvalue weighted by molar-refractivity contribution is -0.142. The lowest BCUT2D eigenvalue weighted by Gasteiger charge is -2.33. The maximum atomic E-state index is 13.3. The van der Waals surface area contributed by atoms with Crippen molar-refractivity contribution in [2.24, 2.45) is 0 Å². The van der Waals surface area contributed by atoms with Gasteiger partial charge in [0.25, 0.3) is 0 Å². The quantitative estimate of drug-likeness (QED) is 0.483. The number of hydrogen-bond donors (Lipinski definition) is 1. The average molecular weight is 463 g/mol. The zero-order valence-corrected chi connectivity index (χ0v) is 19.9. The van der Waals surface area contributed by atoms with Crippen molar-refractivity contribution in [3.05, 3.63) is 64.9 Å². The van der Waals surface area contributed by atoms with Gasteiger partial charge in [-0.1, -0.05) is 30.7 Å². The normalized spacial score (nSPS) is 12.2. The van der Waals surface area contributed by atoms with E-state index in [1.54, 1.807) is 41.3 Å². The average Bonchev–Trinajstić information content (AvgIpc) is 2.72. The maximum absolute atomic E-state index is 13.3. The summed E-state index contributed by atoms with van der Waals surface area (Å²) in [5.41, 5.74) is 0.348. The Balaban J connectivity index is 2.07. The van der Waals surface area contributed by atoms with E-state index >= 15 is 0 Å². The summed E-state index contributed by atoms with van der Waals surface area (Å²) < 4.78 is 19.0. The van der Waals surface area contributed by atoms with Gasteiger partial charge in [0.05, 0.1) is 6.61 Å². The van der Waals surface area contributed by atoms with Crippen LogP contribution in [-0.4, -0.2) is 34.9 Å². The summed E-state index contributed by atoms with van der Waals surface area (Å²) in [6.07, 6.45) is 1.20. The van der Waals surface area contributed by atoms with Gasteiger partial charge in [-0.15, -0.1) is 0 Å². The summed E-state index contributed by atoms with van der Waals surface area (Å²) in [7, 11) is 0. The fourth-order valence-corrected chi connectivity index (χ4v) is 3.37. The van der Waals surface area contributed by atoms with Gasteiger partial charge in [-0.05, 0) is 75.6 Å². The molecule has 2 rings (SSSR count). The number of halogens is 2. The minimum absolute atomic E-state index is 0.148. The highest BCUT2D eigenvalue weighted by Crippen LogP contribution is 2.18. The van der Waals surface area contributed by atoms with E-state index in [2.05, 4.69) is 5.32 Å².